The molecule has 2 N–H and O–H groups in total. The number of fused-ring (bicyclic) bond motifs is 3. The molecule has 2 aliphatic carbocycles. The van der Waals surface area contributed by atoms with Crippen LogP contribution in [0.25, 0.3) is 6.08 Å². The molecule has 1 unspecified atom stereocenters. The number of hydrogen-bond donors (Lipinski definition) is 2. The number of aliphatic hydroxyl groups excluding tert-OH is 1. The van der Waals surface area contributed by atoms with E-state index < -0.39 is 12.0 Å². The highest BCUT2D eigenvalue weighted by atomic mass is 16.6. The smallest absolute Gasteiger partial charge is 0.270 e. The molecular weight excluding hydrogens is 592 g/mol. The predicted octanol–water partition coefficient (Wildman–Crippen LogP) is 4.20. The van der Waals surface area contributed by atoms with Crippen LogP contribution in [0.15, 0.2) is 58.7 Å². The molecule has 4 heterocycles. The van der Waals surface area contributed by atoms with Crippen molar-refractivity contribution < 1.29 is 19.4 Å². The molecular formula is C37H52N6O4. The number of hydrogen-bond acceptors (Lipinski definition) is 7. The minimum atomic E-state index is -1.04. The molecule has 10 nitrogen and oxygen atoms in total. The Balaban J connectivity index is 1.27. The molecule has 5 aliphatic rings. The van der Waals surface area contributed by atoms with Crippen molar-refractivity contribution in [2.24, 2.45) is 4.99 Å². The van der Waals surface area contributed by atoms with E-state index in [2.05, 4.69) is 40.3 Å². The van der Waals surface area contributed by atoms with E-state index in [1.54, 1.807) is 19.0 Å². The Morgan fingerprint density at radius 2 is 1.79 bits per heavy atom. The lowest BCUT2D eigenvalue weighted by Crippen LogP contribution is -2.49. The van der Waals surface area contributed by atoms with Crippen LogP contribution in [-0.2, 0) is 9.53 Å². The zero-order valence-electron chi connectivity index (χ0n) is 28.7. The lowest BCUT2D eigenvalue weighted by atomic mass is 10.1. The fourth-order valence-corrected chi connectivity index (χ4v) is 7.63. The molecule has 47 heavy (non-hydrogen) atoms. The topological polar surface area (TPSA) is 103 Å². The van der Waals surface area contributed by atoms with Crippen LogP contribution >= 0.6 is 0 Å². The number of likely N-dealkylation sites (tertiary alicyclic amines) is 1. The maximum Gasteiger partial charge on any atom is 0.270 e. The number of nitrogens with zero attached hydrogens (tertiary/aromatic N) is 5. The van der Waals surface area contributed by atoms with E-state index in [9.17, 15) is 14.7 Å². The molecule has 2 saturated heterocycles. The van der Waals surface area contributed by atoms with Crippen LogP contribution in [0.3, 0.4) is 0 Å². The number of ether oxygens (including phenoxy) is 1. The average Bonchev–Trinajstić information content (AvgIpc) is 3.70. The second-order valence-electron chi connectivity index (χ2n) is 14.7. The number of carbonyl (C=O) groups excluding carboxylic acids is 2. The lowest BCUT2D eigenvalue weighted by molar-refractivity contribution is -0.249. The summed E-state index contributed by atoms with van der Waals surface area (Å²) < 4.78 is 8.11. The van der Waals surface area contributed by atoms with Gasteiger partial charge < -0.3 is 29.5 Å². The highest BCUT2D eigenvalue weighted by Crippen LogP contribution is 2.35. The van der Waals surface area contributed by atoms with Crippen molar-refractivity contribution in [1.29, 1.82) is 0 Å². The predicted molar refractivity (Wildman–Crippen MR) is 182 cm³/mol. The molecule has 0 radical (unpaired) electrons. The van der Waals surface area contributed by atoms with Gasteiger partial charge in [0.1, 0.15) is 17.0 Å². The number of aromatic nitrogens is 1. The Kier molecular flexibility index (Phi) is 9.92. The summed E-state index contributed by atoms with van der Waals surface area (Å²) in [6.45, 7) is 6.31. The summed E-state index contributed by atoms with van der Waals surface area (Å²) in [5.41, 5.74) is 2.96. The number of allylic oxidation sites excluding steroid dienone is 6. The monoisotopic (exact) mass is 644 g/mol. The number of aliphatic hydroxyl groups is 1. The number of amides is 2. The minimum absolute atomic E-state index is 0.00792. The Labute approximate surface area is 278 Å². The van der Waals surface area contributed by atoms with Gasteiger partial charge in [0, 0.05) is 61.8 Å². The number of rotatable bonds is 7. The fourth-order valence-electron chi connectivity index (χ4n) is 7.63. The largest absolute Gasteiger partial charge is 0.356 e. The third-order valence-corrected chi connectivity index (χ3v) is 9.87. The highest BCUT2D eigenvalue weighted by molar-refractivity contribution is 5.92. The van der Waals surface area contributed by atoms with Crippen molar-refractivity contribution in [3.05, 3.63) is 70.1 Å². The molecule has 1 aromatic rings. The van der Waals surface area contributed by atoms with Crippen LogP contribution < -0.4 is 16.0 Å². The first kappa shape index (κ1) is 33.4. The molecule has 0 spiro atoms. The Bertz CT molecular complexity index is 1600. The summed E-state index contributed by atoms with van der Waals surface area (Å²) in [6, 6.07) is 2.28. The van der Waals surface area contributed by atoms with Crippen LogP contribution in [0.4, 0.5) is 0 Å². The van der Waals surface area contributed by atoms with E-state index in [1.807, 2.05) is 42.7 Å². The Morgan fingerprint density at radius 1 is 1.04 bits per heavy atom. The van der Waals surface area contributed by atoms with Crippen molar-refractivity contribution in [2.45, 2.75) is 122 Å². The first-order chi connectivity index (χ1) is 22.5. The van der Waals surface area contributed by atoms with Gasteiger partial charge in [0.15, 0.2) is 0 Å². The quantitative estimate of drug-likeness (QED) is 0.432. The van der Waals surface area contributed by atoms with E-state index >= 15 is 0 Å². The van der Waals surface area contributed by atoms with Crippen LogP contribution in [-0.4, -0.2) is 80.9 Å². The first-order valence-electron chi connectivity index (χ1n) is 17.5. The van der Waals surface area contributed by atoms with Gasteiger partial charge in [-0.3, -0.25) is 9.59 Å². The molecule has 6 rings (SSSR count). The summed E-state index contributed by atoms with van der Waals surface area (Å²) >= 11 is 0. The van der Waals surface area contributed by atoms with Crippen molar-refractivity contribution in [2.75, 3.05) is 20.6 Å². The van der Waals surface area contributed by atoms with E-state index in [-0.39, 0.29) is 29.9 Å². The molecule has 2 amide bonds. The van der Waals surface area contributed by atoms with Gasteiger partial charge in [-0.05, 0) is 103 Å². The lowest BCUT2D eigenvalue weighted by Gasteiger charge is -2.36. The summed E-state index contributed by atoms with van der Waals surface area (Å²) in [7, 11) is 3.61. The minimum Gasteiger partial charge on any atom is -0.356 e. The second kappa shape index (κ2) is 13.9. The van der Waals surface area contributed by atoms with Crippen LogP contribution in [0, 0.1) is 0 Å². The Morgan fingerprint density at radius 3 is 2.53 bits per heavy atom. The van der Waals surface area contributed by atoms with Gasteiger partial charge in [0.05, 0.1) is 5.60 Å². The standard InChI is InChI=1S/C37H52N6O4/c1-37(2,3)47-36(46)42-29-20-21-30(42)24-41(33(44)23-29)27-14-8-7-13-26(18-19-27)38-32-17-11-6-12-25-22-31(35(45)40(4)5)43(34(25)39-32)28-15-9-10-16-28/h8,12,14,17-19,22,28-30,36,38,46H,6-7,9-11,13,15-16,20-21,23-24H2,1-5H3/t29-,30+,36?/m0/s1. The summed E-state index contributed by atoms with van der Waals surface area (Å²) in [5.74, 6) is 0.869. The van der Waals surface area contributed by atoms with Gasteiger partial charge in [-0.25, -0.2) is 9.89 Å². The molecule has 10 heteroatoms. The van der Waals surface area contributed by atoms with Gasteiger partial charge in [0.2, 0.25) is 12.3 Å². The van der Waals surface area contributed by atoms with E-state index in [4.69, 9.17) is 9.73 Å². The van der Waals surface area contributed by atoms with Crippen molar-refractivity contribution in [1.82, 2.24) is 24.6 Å². The summed E-state index contributed by atoms with van der Waals surface area (Å²) in [6.07, 6.45) is 21.5. The normalized spacial score (nSPS) is 24.8. The molecule has 1 saturated carbocycles. The van der Waals surface area contributed by atoms with Gasteiger partial charge >= 0.3 is 0 Å². The van der Waals surface area contributed by atoms with Crippen molar-refractivity contribution in [3.63, 3.8) is 0 Å². The van der Waals surface area contributed by atoms with Crippen LogP contribution in [0.1, 0.15) is 108 Å². The second-order valence-corrected chi connectivity index (χ2v) is 14.7. The molecule has 1 aromatic heterocycles. The maximum absolute atomic E-state index is 13.6. The van der Waals surface area contributed by atoms with Gasteiger partial charge in [-0.1, -0.05) is 25.0 Å². The Hall–Kier alpha value is -3.47. The molecule has 2 bridgehead atoms. The zero-order chi connectivity index (χ0) is 33.3. The van der Waals surface area contributed by atoms with Crippen LogP contribution in [0.2, 0.25) is 0 Å². The molecule has 3 aliphatic heterocycles. The number of nitrogens with one attached hydrogen (secondary N) is 1. The molecule has 3 fully saturated rings. The van der Waals surface area contributed by atoms with Gasteiger partial charge in [-0.2, -0.15) is 0 Å². The SMILES string of the molecule is CN(C)C(=O)c1cc2c(n1C1CCCC1)=NC(NC1=CC=C(N3C[C@H]4CC[C@@H](CC3=O)N4C(O)OC(C)(C)C)C=CCC1)=CCCC=2. The first-order valence-corrected chi connectivity index (χ1v) is 17.5. The van der Waals surface area contributed by atoms with Crippen molar-refractivity contribution in [3.8, 4) is 0 Å². The maximum atomic E-state index is 13.6. The van der Waals surface area contributed by atoms with E-state index in [1.165, 1.54) is 0 Å². The third kappa shape index (κ3) is 7.50. The fraction of sp³-hybridized carbons (Fsp3) is 0.595. The molecule has 0 aromatic carbocycles. The summed E-state index contributed by atoms with van der Waals surface area (Å²) in [5, 5.41) is 15.6. The van der Waals surface area contributed by atoms with Crippen LogP contribution in [0.5, 0.6) is 0 Å². The molecule has 254 valence electrons. The van der Waals surface area contributed by atoms with Crippen molar-refractivity contribution >= 4 is 17.9 Å². The zero-order valence-corrected chi connectivity index (χ0v) is 28.7. The third-order valence-electron chi connectivity index (χ3n) is 9.87. The molecule has 3 atom stereocenters. The van der Waals surface area contributed by atoms with Gasteiger partial charge in [0.25, 0.3) is 5.91 Å². The average molecular weight is 645 g/mol. The summed E-state index contributed by atoms with van der Waals surface area (Å²) in [4.78, 5) is 37.6. The van der Waals surface area contributed by atoms with E-state index in [0.29, 0.717) is 18.7 Å². The highest BCUT2D eigenvalue weighted by Gasteiger charge is 2.45. The number of carbonyl (C=O) groups is 2. The van der Waals surface area contributed by atoms with Gasteiger partial charge in [-0.15, -0.1) is 0 Å². The van der Waals surface area contributed by atoms with E-state index in [0.717, 1.165) is 92.1 Å².